The lowest BCUT2D eigenvalue weighted by atomic mass is 9.87. The second-order valence-electron chi connectivity index (χ2n) is 8.51. The lowest BCUT2D eigenvalue weighted by Gasteiger charge is -2.19. The highest BCUT2D eigenvalue weighted by Gasteiger charge is 2.28. The van der Waals surface area contributed by atoms with Crippen molar-refractivity contribution in [3.8, 4) is 0 Å². The summed E-state index contributed by atoms with van der Waals surface area (Å²) >= 11 is 6.50. The fraction of sp³-hybridized carbons (Fsp3) is 0.370. The van der Waals surface area contributed by atoms with Crippen LogP contribution in [-0.2, 0) is 19.9 Å². The Hall–Kier alpha value is -3.12. The van der Waals surface area contributed by atoms with Gasteiger partial charge in [-0.15, -0.1) is 0 Å². The second kappa shape index (κ2) is 11.3. The Morgan fingerprint density at radius 2 is 2.00 bits per heavy atom. The smallest absolute Gasteiger partial charge is 0.153 e. The Morgan fingerprint density at radius 3 is 2.65 bits per heavy atom. The molecule has 0 fully saturated rings. The zero-order valence-corrected chi connectivity index (χ0v) is 21.8. The molecule has 3 N–H and O–H groups in total. The van der Waals surface area contributed by atoms with Gasteiger partial charge in [-0.25, -0.2) is 9.98 Å². The van der Waals surface area contributed by atoms with Gasteiger partial charge in [0, 0.05) is 36.8 Å². The lowest BCUT2D eigenvalue weighted by Crippen LogP contribution is -2.17. The predicted molar refractivity (Wildman–Crippen MR) is 144 cm³/mol. The second-order valence-corrected chi connectivity index (χ2v) is 8.91. The van der Waals surface area contributed by atoms with E-state index >= 15 is 0 Å². The van der Waals surface area contributed by atoms with Crippen LogP contribution in [0.3, 0.4) is 0 Å². The maximum Gasteiger partial charge on any atom is 0.153 e. The van der Waals surface area contributed by atoms with E-state index in [9.17, 15) is 0 Å². The highest BCUT2D eigenvalue weighted by atomic mass is 35.5. The van der Waals surface area contributed by atoms with E-state index in [1.165, 1.54) is 5.57 Å². The standard InChI is InChI=1S/C27H35ClN6/c1-7-17(3)27(31-24(29)15-18(4)30-5)32-26-19(8-2)13-14-22-25(26)23(34(6)33-22)16-20-11-9-10-12-21(20)28/h8-12,15,30H,7,13-14,16H2,1-6H3,(H2,29,31)/b18-15-,19-8-,27-17+,32-26-. The maximum absolute atomic E-state index is 6.50. The molecule has 6 nitrogen and oxygen atoms in total. The first-order valence-electron chi connectivity index (χ1n) is 11.7. The van der Waals surface area contributed by atoms with Gasteiger partial charge >= 0.3 is 0 Å². The molecule has 180 valence electrons. The molecule has 1 heterocycles. The summed E-state index contributed by atoms with van der Waals surface area (Å²) in [5, 5.41) is 8.68. The molecule has 1 aliphatic carbocycles. The number of hydrogen-bond acceptors (Lipinski definition) is 4. The van der Waals surface area contributed by atoms with Gasteiger partial charge in [0.1, 0.15) is 5.84 Å². The molecular weight excluding hydrogens is 444 g/mol. The van der Waals surface area contributed by atoms with E-state index in [-0.39, 0.29) is 0 Å². The first-order chi connectivity index (χ1) is 16.3. The van der Waals surface area contributed by atoms with Gasteiger partial charge in [0.25, 0.3) is 0 Å². The number of halogens is 1. The Balaban J connectivity index is 2.19. The molecule has 1 aliphatic rings. The summed E-state index contributed by atoms with van der Waals surface area (Å²) in [5.41, 5.74) is 14.7. The van der Waals surface area contributed by atoms with Crippen LogP contribution in [0.5, 0.6) is 0 Å². The van der Waals surface area contributed by atoms with Gasteiger partial charge in [0.05, 0.1) is 17.1 Å². The van der Waals surface area contributed by atoms with Gasteiger partial charge in [-0.1, -0.05) is 42.8 Å². The van der Waals surface area contributed by atoms with E-state index in [1.54, 1.807) is 0 Å². The maximum atomic E-state index is 6.50. The fourth-order valence-electron chi connectivity index (χ4n) is 3.96. The van der Waals surface area contributed by atoms with E-state index in [0.29, 0.717) is 18.1 Å². The molecule has 2 aromatic rings. The van der Waals surface area contributed by atoms with E-state index in [1.807, 2.05) is 50.0 Å². The quantitative estimate of drug-likeness (QED) is 0.409. The summed E-state index contributed by atoms with van der Waals surface area (Å²) in [6, 6.07) is 7.95. The minimum atomic E-state index is 0.416. The van der Waals surface area contributed by atoms with Crippen molar-refractivity contribution < 1.29 is 0 Å². The van der Waals surface area contributed by atoms with Crippen LogP contribution in [-0.4, -0.2) is 28.4 Å². The molecule has 0 amide bonds. The number of aryl methyl sites for hydroxylation is 2. The molecule has 7 heteroatoms. The van der Waals surface area contributed by atoms with Crippen LogP contribution < -0.4 is 11.1 Å². The third kappa shape index (κ3) is 5.68. The third-order valence-electron chi connectivity index (χ3n) is 6.20. The summed E-state index contributed by atoms with van der Waals surface area (Å²) in [6.07, 6.45) is 7.24. The van der Waals surface area contributed by atoms with Gasteiger partial charge in [-0.05, 0) is 68.9 Å². The molecule has 0 spiro atoms. The van der Waals surface area contributed by atoms with Gasteiger partial charge in [0.2, 0.25) is 0 Å². The van der Waals surface area contributed by atoms with Crippen molar-refractivity contribution in [2.45, 2.75) is 53.4 Å². The monoisotopic (exact) mass is 478 g/mol. The Kier molecular flexibility index (Phi) is 8.51. The number of nitrogens with one attached hydrogen (secondary N) is 1. The molecule has 0 radical (unpaired) electrons. The SMILES string of the molecule is C/C=C1/CCc2nn(C)c(Cc3ccccc3Cl)c2/C1=N\C(\N=C(N)/C=C(/C)NC)=C(/C)CC. The van der Waals surface area contributed by atoms with Crippen molar-refractivity contribution in [3.05, 3.63) is 86.6 Å². The zero-order chi connectivity index (χ0) is 24.8. The number of aromatic nitrogens is 2. The Labute approximate surface area is 208 Å². The van der Waals surface area contributed by atoms with Crippen molar-refractivity contribution in [2.24, 2.45) is 22.8 Å². The number of amidine groups is 1. The largest absolute Gasteiger partial charge is 0.392 e. The number of hydrogen-bond donors (Lipinski definition) is 2. The molecule has 3 rings (SSSR count). The number of nitrogens with two attached hydrogens (primary N) is 1. The van der Waals surface area contributed by atoms with E-state index in [4.69, 9.17) is 32.4 Å². The minimum Gasteiger partial charge on any atom is -0.392 e. The average molecular weight is 479 g/mol. The molecule has 0 saturated carbocycles. The molecule has 34 heavy (non-hydrogen) atoms. The van der Waals surface area contributed by atoms with Crippen molar-refractivity contribution in [1.29, 1.82) is 0 Å². The van der Waals surface area contributed by atoms with Crippen LogP contribution in [0.15, 0.2) is 69.1 Å². The number of fused-ring (bicyclic) bond motifs is 1. The molecular formula is C27H35ClN6. The van der Waals surface area contributed by atoms with Crippen LogP contribution in [0, 0.1) is 0 Å². The number of benzene rings is 1. The third-order valence-corrected chi connectivity index (χ3v) is 6.57. The predicted octanol–water partition coefficient (Wildman–Crippen LogP) is 5.47. The molecule has 1 aromatic carbocycles. The van der Waals surface area contributed by atoms with Gasteiger partial charge < -0.3 is 11.1 Å². The van der Waals surface area contributed by atoms with Crippen LogP contribution in [0.25, 0.3) is 0 Å². The van der Waals surface area contributed by atoms with E-state index < -0.39 is 0 Å². The van der Waals surface area contributed by atoms with E-state index in [2.05, 4.69) is 38.2 Å². The summed E-state index contributed by atoms with van der Waals surface area (Å²) in [7, 11) is 3.85. The van der Waals surface area contributed by atoms with Crippen LogP contribution in [0.4, 0.5) is 0 Å². The molecule has 1 aromatic heterocycles. The van der Waals surface area contributed by atoms with E-state index in [0.717, 1.165) is 63.8 Å². The van der Waals surface area contributed by atoms with Crippen molar-refractivity contribution in [1.82, 2.24) is 15.1 Å². The zero-order valence-electron chi connectivity index (χ0n) is 21.0. The van der Waals surface area contributed by atoms with Gasteiger partial charge in [0.15, 0.2) is 5.82 Å². The van der Waals surface area contributed by atoms with Gasteiger partial charge in [-0.2, -0.15) is 5.10 Å². The number of nitrogens with zero attached hydrogens (tertiary/aromatic N) is 4. The van der Waals surface area contributed by atoms with Crippen molar-refractivity contribution in [2.75, 3.05) is 7.05 Å². The summed E-state index contributed by atoms with van der Waals surface area (Å²) < 4.78 is 1.97. The molecule has 0 atom stereocenters. The Morgan fingerprint density at radius 1 is 1.26 bits per heavy atom. The summed E-state index contributed by atoms with van der Waals surface area (Å²) in [4.78, 5) is 9.84. The first kappa shape index (κ1) is 25.5. The fourth-order valence-corrected chi connectivity index (χ4v) is 4.16. The number of rotatable bonds is 7. The summed E-state index contributed by atoms with van der Waals surface area (Å²) in [5.74, 6) is 1.06. The lowest BCUT2D eigenvalue weighted by molar-refractivity contribution is 0.706. The average Bonchev–Trinajstić information content (AvgIpc) is 3.14. The number of aliphatic imine (C=N–C) groups is 2. The molecule has 0 bridgehead atoms. The molecule has 0 aliphatic heterocycles. The molecule has 0 unspecified atom stereocenters. The minimum absolute atomic E-state index is 0.416. The molecule has 0 saturated heterocycles. The van der Waals surface area contributed by atoms with Crippen molar-refractivity contribution in [3.63, 3.8) is 0 Å². The normalized spacial score (nSPS) is 17.7. The van der Waals surface area contributed by atoms with Crippen LogP contribution in [0.2, 0.25) is 5.02 Å². The highest BCUT2D eigenvalue weighted by Crippen LogP contribution is 2.32. The first-order valence-corrected chi connectivity index (χ1v) is 12.1. The Bertz CT molecular complexity index is 1210. The van der Waals surface area contributed by atoms with Gasteiger partial charge in [-0.3, -0.25) is 4.68 Å². The summed E-state index contributed by atoms with van der Waals surface area (Å²) in [6.45, 7) is 8.17. The number of allylic oxidation sites excluding steroid dienone is 4. The van der Waals surface area contributed by atoms with Crippen LogP contribution >= 0.6 is 11.6 Å². The van der Waals surface area contributed by atoms with Crippen LogP contribution in [0.1, 0.15) is 63.1 Å². The van der Waals surface area contributed by atoms with Crippen molar-refractivity contribution >= 4 is 23.1 Å². The highest BCUT2D eigenvalue weighted by molar-refractivity contribution is 6.31. The topological polar surface area (TPSA) is 80.6 Å².